The van der Waals surface area contributed by atoms with Crippen molar-refractivity contribution < 1.29 is 9.59 Å². The van der Waals surface area contributed by atoms with Gasteiger partial charge in [0.25, 0.3) is 0 Å². The monoisotopic (exact) mass is 283 g/mol. The number of rotatable bonds is 5. The fourth-order valence-corrected chi connectivity index (χ4v) is 2.11. The van der Waals surface area contributed by atoms with Crippen LogP contribution < -0.4 is 10.6 Å². The third-order valence-corrected chi connectivity index (χ3v) is 3.12. The van der Waals surface area contributed by atoms with Gasteiger partial charge in [0.15, 0.2) is 11.0 Å². The summed E-state index contributed by atoms with van der Waals surface area (Å²) in [6.07, 6.45) is 1.96. The highest BCUT2D eigenvalue weighted by atomic mass is 35.5. The minimum Gasteiger partial charge on any atom is -0.383 e. The zero-order valence-corrected chi connectivity index (χ0v) is 11.2. The molecule has 2 amide bonds. The first-order chi connectivity index (χ1) is 9.13. The molecular weight excluding hydrogens is 270 g/mol. The maximum absolute atomic E-state index is 11.4. The van der Waals surface area contributed by atoms with Crippen molar-refractivity contribution in [3.8, 4) is 0 Å². The van der Waals surface area contributed by atoms with Gasteiger partial charge in [-0.1, -0.05) is 11.6 Å². The van der Waals surface area contributed by atoms with Gasteiger partial charge in [0.2, 0.25) is 11.8 Å². The van der Waals surface area contributed by atoms with Gasteiger partial charge >= 0.3 is 0 Å². The molecule has 7 nitrogen and oxygen atoms in total. The number of amides is 2. The van der Waals surface area contributed by atoms with E-state index in [4.69, 9.17) is 11.6 Å². The van der Waals surface area contributed by atoms with Crippen LogP contribution in [0.1, 0.15) is 12.8 Å². The summed E-state index contributed by atoms with van der Waals surface area (Å²) in [5, 5.41) is 6.24. The summed E-state index contributed by atoms with van der Waals surface area (Å²) in [5.41, 5.74) is 0.586. The standard InChI is InChI=1S/C11H14ClN5O2/c1-13-9-10(12)15-6-16-11(9)14-4-5-17-7(18)2-3-8(17)19/h6,13H,2-5H2,1H3,(H,14,15,16). The van der Waals surface area contributed by atoms with Gasteiger partial charge in [-0.25, -0.2) is 9.97 Å². The number of anilines is 2. The summed E-state index contributed by atoms with van der Waals surface area (Å²) in [7, 11) is 1.71. The topological polar surface area (TPSA) is 87.2 Å². The molecule has 0 bridgehead atoms. The first-order valence-electron chi connectivity index (χ1n) is 5.88. The summed E-state index contributed by atoms with van der Waals surface area (Å²) in [5.74, 6) is 0.296. The van der Waals surface area contributed by atoms with Crippen molar-refractivity contribution in [3.05, 3.63) is 11.5 Å². The molecule has 19 heavy (non-hydrogen) atoms. The molecule has 0 unspecified atom stereocenters. The number of likely N-dealkylation sites (tertiary alicyclic amines) is 1. The summed E-state index contributed by atoms with van der Waals surface area (Å²) in [6, 6.07) is 0. The third kappa shape index (κ3) is 2.93. The predicted octanol–water partition coefficient (Wildman–Crippen LogP) is 0.733. The average molecular weight is 284 g/mol. The number of nitrogens with one attached hydrogen (secondary N) is 2. The molecule has 0 spiro atoms. The van der Waals surface area contributed by atoms with E-state index >= 15 is 0 Å². The van der Waals surface area contributed by atoms with Gasteiger partial charge in [-0.15, -0.1) is 0 Å². The highest BCUT2D eigenvalue weighted by molar-refractivity contribution is 6.32. The Bertz CT molecular complexity index is 492. The highest BCUT2D eigenvalue weighted by Crippen LogP contribution is 2.25. The van der Waals surface area contributed by atoms with Crippen molar-refractivity contribution in [1.29, 1.82) is 0 Å². The molecule has 102 valence electrons. The second-order valence-corrected chi connectivity index (χ2v) is 4.36. The zero-order chi connectivity index (χ0) is 13.8. The molecule has 0 aromatic carbocycles. The van der Waals surface area contributed by atoms with E-state index in [1.165, 1.54) is 11.2 Å². The van der Waals surface area contributed by atoms with E-state index < -0.39 is 0 Å². The number of hydrogen-bond donors (Lipinski definition) is 2. The molecule has 0 radical (unpaired) electrons. The first-order valence-corrected chi connectivity index (χ1v) is 6.26. The lowest BCUT2D eigenvalue weighted by molar-refractivity contribution is -0.138. The number of aromatic nitrogens is 2. The van der Waals surface area contributed by atoms with Crippen LogP contribution in [0, 0.1) is 0 Å². The van der Waals surface area contributed by atoms with Gasteiger partial charge in [-0.05, 0) is 0 Å². The lowest BCUT2D eigenvalue weighted by Crippen LogP contribution is -2.33. The summed E-state index contributed by atoms with van der Waals surface area (Å²) in [6.45, 7) is 0.738. The van der Waals surface area contributed by atoms with E-state index in [2.05, 4.69) is 20.6 Å². The zero-order valence-electron chi connectivity index (χ0n) is 10.4. The number of halogens is 1. The van der Waals surface area contributed by atoms with Gasteiger partial charge in [-0.3, -0.25) is 14.5 Å². The molecule has 2 N–H and O–H groups in total. The number of carbonyl (C=O) groups is 2. The van der Waals surface area contributed by atoms with E-state index in [0.717, 1.165) is 0 Å². The molecule has 2 rings (SSSR count). The van der Waals surface area contributed by atoms with Crippen LogP contribution in [-0.2, 0) is 9.59 Å². The Labute approximate surface area is 115 Å². The molecule has 0 atom stereocenters. The minimum atomic E-state index is -0.124. The van der Waals surface area contributed by atoms with E-state index in [1.807, 2.05) is 0 Å². The van der Waals surface area contributed by atoms with Crippen molar-refractivity contribution in [1.82, 2.24) is 14.9 Å². The van der Waals surface area contributed by atoms with Crippen LogP contribution in [0.4, 0.5) is 11.5 Å². The van der Waals surface area contributed by atoms with Gasteiger partial charge in [0.05, 0.1) is 0 Å². The number of nitrogens with zero attached hydrogens (tertiary/aromatic N) is 3. The molecule has 1 aromatic heterocycles. The lowest BCUT2D eigenvalue weighted by Gasteiger charge is -2.15. The van der Waals surface area contributed by atoms with E-state index in [1.54, 1.807) is 7.05 Å². The van der Waals surface area contributed by atoms with E-state index in [-0.39, 0.29) is 11.8 Å². The SMILES string of the molecule is CNc1c(Cl)ncnc1NCCN1C(=O)CCC1=O. The molecule has 0 saturated carbocycles. The molecular formula is C11H14ClN5O2. The molecule has 1 aliphatic rings. The van der Waals surface area contributed by atoms with Crippen LogP contribution in [0.25, 0.3) is 0 Å². The van der Waals surface area contributed by atoms with Crippen molar-refractivity contribution in [2.75, 3.05) is 30.8 Å². The molecule has 1 aromatic rings. The van der Waals surface area contributed by atoms with Crippen LogP contribution in [0.15, 0.2) is 6.33 Å². The van der Waals surface area contributed by atoms with Gasteiger partial charge in [0, 0.05) is 33.0 Å². The molecule has 0 aliphatic carbocycles. The lowest BCUT2D eigenvalue weighted by atomic mass is 10.4. The van der Waals surface area contributed by atoms with Crippen molar-refractivity contribution in [2.24, 2.45) is 0 Å². The Balaban J connectivity index is 1.94. The van der Waals surface area contributed by atoms with Crippen LogP contribution in [0.2, 0.25) is 5.15 Å². The quantitative estimate of drug-likeness (QED) is 0.612. The van der Waals surface area contributed by atoms with Gasteiger partial charge in [0.1, 0.15) is 12.0 Å². The first kappa shape index (κ1) is 13.5. The van der Waals surface area contributed by atoms with Crippen LogP contribution >= 0.6 is 11.6 Å². The average Bonchev–Trinajstić information content (AvgIpc) is 2.70. The Morgan fingerprint density at radius 3 is 2.63 bits per heavy atom. The Kier molecular flexibility index (Phi) is 4.16. The second-order valence-electron chi connectivity index (χ2n) is 4.00. The minimum absolute atomic E-state index is 0.124. The molecule has 1 saturated heterocycles. The van der Waals surface area contributed by atoms with Crippen molar-refractivity contribution in [3.63, 3.8) is 0 Å². The maximum atomic E-state index is 11.4. The van der Waals surface area contributed by atoms with Crippen molar-refractivity contribution in [2.45, 2.75) is 12.8 Å². The van der Waals surface area contributed by atoms with Gasteiger partial charge < -0.3 is 10.6 Å². The van der Waals surface area contributed by atoms with Crippen LogP contribution in [0.5, 0.6) is 0 Å². The smallest absolute Gasteiger partial charge is 0.229 e. The summed E-state index contributed by atoms with van der Waals surface area (Å²) < 4.78 is 0. The molecule has 1 aliphatic heterocycles. The summed E-state index contributed by atoms with van der Waals surface area (Å²) >= 11 is 5.91. The third-order valence-electron chi connectivity index (χ3n) is 2.83. The number of hydrogen-bond acceptors (Lipinski definition) is 6. The fourth-order valence-electron chi connectivity index (χ4n) is 1.88. The van der Waals surface area contributed by atoms with E-state index in [0.29, 0.717) is 42.6 Å². The van der Waals surface area contributed by atoms with Gasteiger partial charge in [-0.2, -0.15) is 0 Å². The maximum Gasteiger partial charge on any atom is 0.229 e. The molecule has 1 fully saturated rings. The normalized spacial score (nSPS) is 14.9. The number of imide groups is 1. The number of carbonyl (C=O) groups excluding carboxylic acids is 2. The predicted molar refractivity (Wildman–Crippen MR) is 71.0 cm³/mol. The Hall–Kier alpha value is -1.89. The highest BCUT2D eigenvalue weighted by Gasteiger charge is 2.28. The Morgan fingerprint density at radius 1 is 1.32 bits per heavy atom. The largest absolute Gasteiger partial charge is 0.383 e. The second kappa shape index (κ2) is 5.83. The molecule has 2 heterocycles. The Morgan fingerprint density at radius 2 is 2.00 bits per heavy atom. The van der Waals surface area contributed by atoms with Crippen molar-refractivity contribution >= 4 is 34.9 Å². The fraction of sp³-hybridized carbons (Fsp3) is 0.455. The van der Waals surface area contributed by atoms with Crippen LogP contribution in [-0.4, -0.2) is 46.8 Å². The van der Waals surface area contributed by atoms with E-state index in [9.17, 15) is 9.59 Å². The van der Waals surface area contributed by atoms with Crippen LogP contribution in [0.3, 0.4) is 0 Å². The molecule has 8 heteroatoms. The summed E-state index contributed by atoms with van der Waals surface area (Å²) in [4.78, 5) is 32.0.